The molecule has 2 saturated heterocycles. The third-order valence-corrected chi connectivity index (χ3v) is 5.10. The standard InChI is InChI=1S/C12H18N2O3S/c13-9-12(3-5-17-6-4-12)11(15)14-10-1-7-18(16)8-2-10/h10H,1-8H2,(H,14,15). The zero-order valence-corrected chi connectivity index (χ0v) is 11.1. The molecule has 6 heteroatoms. The summed E-state index contributed by atoms with van der Waals surface area (Å²) in [4.78, 5) is 12.2. The van der Waals surface area contributed by atoms with Crippen molar-refractivity contribution in [2.75, 3.05) is 24.7 Å². The van der Waals surface area contributed by atoms with Crippen LogP contribution in [0.15, 0.2) is 0 Å². The van der Waals surface area contributed by atoms with Crippen molar-refractivity contribution in [3.05, 3.63) is 0 Å². The summed E-state index contributed by atoms with van der Waals surface area (Å²) in [5, 5.41) is 12.2. The summed E-state index contributed by atoms with van der Waals surface area (Å²) < 4.78 is 16.5. The lowest BCUT2D eigenvalue weighted by molar-refractivity contribution is -0.133. The Hall–Kier alpha value is -0.930. The smallest absolute Gasteiger partial charge is 0.240 e. The molecule has 1 amide bonds. The van der Waals surface area contributed by atoms with Crippen LogP contribution in [0, 0.1) is 16.7 Å². The molecule has 0 aliphatic carbocycles. The molecular weight excluding hydrogens is 252 g/mol. The number of ether oxygens (including phenoxy) is 1. The first kappa shape index (κ1) is 13.5. The minimum absolute atomic E-state index is 0.0725. The Morgan fingerprint density at radius 1 is 1.33 bits per heavy atom. The third-order valence-electron chi connectivity index (χ3n) is 3.72. The molecule has 0 aromatic carbocycles. The molecule has 1 N–H and O–H groups in total. The van der Waals surface area contributed by atoms with Crippen molar-refractivity contribution in [2.24, 2.45) is 5.41 Å². The number of hydrogen-bond donors (Lipinski definition) is 1. The number of carbonyl (C=O) groups excluding carboxylic acids is 1. The molecule has 0 bridgehead atoms. The van der Waals surface area contributed by atoms with E-state index in [1.807, 2.05) is 0 Å². The van der Waals surface area contributed by atoms with Gasteiger partial charge in [-0.05, 0) is 25.7 Å². The molecule has 2 fully saturated rings. The molecule has 0 saturated carbocycles. The van der Waals surface area contributed by atoms with E-state index in [9.17, 15) is 14.3 Å². The van der Waals surface area contributed by atoms with Crippen LogP contribution in [0.2, 0.25) is 0 Å². The number of nitrogens with one attached hydrogen (secondary N) is 1. The van der Waals surface area contributed by atoms with Gasteiger partial charge in [-0.25, -0.2) is 0 Å². The van der Waals surface area contributed by atoms with Gasteiger partial charge in [0.15, 0.2) is 0 Å². The Morgan fingerprint density at radius 3 is 2.50 bits per heavy atom. The van der Waals surface area contributed by atoms with Crippen molar-refractivity contribution in [1.29, 1.82) is 5.26 Å². The highest BCUT2D eigenvalue weighted by Gasteiger charge is 2.41. The fourth-order valence-corrected chi connectivity index (χ4v) is 3.67. The zero-order valence-electron chi connectivity index (χ0n) is 10.3. The summed E-state index contributed by atoms with van der Waals surface area (Å²) in [7, 11) is -0.729. The number of carbonyl (C=O) groups is 1. The summed E-state index contributed by atoms with van der Waals surface area (Å²) in [6.07, 6.45) is 2.43. The summed E-state index contributed by atoms with van der Waals surface area (Å²) >= 11 is 0. The van der Waals surface area contributed by atoms with Gasteiger partial charge < -0.3 is 10.1 Å². The minimum Gasteiger partial charge on any atom is -0.381 e. The average molecular weight is 270 g/mol. The number of nitrogens with zero attached hydrogens (tertiary/aromatic N) is 1. The van der Waals surface area contributed by atoms with Crippen LogP contribution in [-0.4, -0.2) is 40.9 Å². The van der Waals surface area contributed by atoms with Crippen LogP contribution in [0.25, 0.3) is 0 Å². The molecule has 2 aliphatic heterocycles. The van der Waals surface area contributed by atoms with Crippen LogP contribution < -0.4 is 5.32 Å². The molecule has 0 aromatic rings. The van der Waals surface area contributed by atoms with Crippen molar-refractivity contribution in [3.63, 3.8) is 0 Å². The second-order valence-corrected chi connectivity index (χ2v) is 6.60. The number of hydrogen-bond acceptors (Lipinski definition) is 4. The zero-order chi connectivity index (χ0) is 13.0. The first-order valence-corrected chi connectivity index (χ1v) is 7.80. The molecule has 0 atom stereocenters. The van der Waals surface area contributed by atoms with Crippen LogP contribution in [0.4, 0.5) is 0 Å². The number of rotatable bonds is 2. The molecule has 18 heavy (non-hydrogen) atoms. The maximum Gasteiger partial charge on any atom is 0.240 e. The van der Waals surface area contributed by atoms with Gasteiger partial charge >= 0.3 is 0 Å². The van der Waals surface area contributed by atoms with E-state index < -0.39 is 16.2 Å². The average Bonchev–Trinajstić information content (AvgIpc) is 2.42. The van der Waals surface area contributed by atoms with Gasteiger partial charge in [0.1, 0.15) is 5.41 Å². The molecule has 0 radical (unpaired) electrons. The van der Waals surface area contributed by atoms with E-state index in [-0.39, 0.29) is 11.9 Å². The Labute approximate surface area is 109 Å². The summed E-state index contributed by atoms with van der Waals surface area (Å²) in [5.41, 5.74) is -0.922. The van der Waals surface area contributed by atoms with E-state index in [2.05, 4.69) is 11.4 Å². The van der Waals surface area contributed by atoms with E-state index in [4.69, 9.17) is 4.74 Å². The Balaban J connectivity index is 1.94. The van der Waals surface area contributed by atoms with Gasteiger partial charge in [-0.2, -0.15) is 5.26 Å². The van der Waals surface area contributed by atoms with Crippen molar-refractivity contribution < 1.29 is 13.7 Å². The van der Waals surface area contributed by atoms with E-state index in [1.54, 1.807) is 0 Å². The van der Waals surface area contributed by atoms with E-state index in [0.29, 0.717) is 37.6 Å². The summed E-state index contributed by atoms with van der Waals surface area (Å²) in [6, 6.07) is 2.24. The van der Waals surface area contributed by atoms with Gasteiger partial charge in [0.2, 0.25) is 5.91 Å². The van der Waals surface area contributed by atoms with Gasteiger partial charge in [0.25, 0.3) is 0 Å². The highest BCUT2D eigenvalue weighted by molar-refractivity contribution is 7.85. The molecule has 2 rings (SSSR count). The molecule has 0 aromatic heterocycles. The second-order valence-electron chi connectivity index (χ2n) is 4.90. The molecule has 2 heterocycles. The van der Waals surface area contributed by atoms with Gasteiger partial charge in [0, 0.05) is 41.6 Å². The van der Waals surface area contributed by atoms with Crippen molar-refractivity contribution >= 4 is 16.7 Å². The highest BCUT2D eigenvalue weighted by atomic mass is 32.2. The molecular formula is C12H18N2O3S. The molecule has 0 spiro atoms. The Kier molecular flexibility index (Phi) is 4.36. The SMILES string of the molecule is N#CC1(C(=O)NC2CCS(=O)CC2)CCOCC1. The third kappa shape index (κ3) is 2.90. The molecule has 2 aliphatic rings. The lowest BCUT2D eigenvalue weighted by atomic mass is 9.80. The number of amides is 1. The predicted molar refractivity (Wildman–Crippen MR) is 67.1 cm³/mol. The van der Waals surface area contributed by atoms with E-state index in [0.717, 1.165) is 12.8 Å². The Morgan fingerprint density at radius 2 is 1.94 bits per heavy atom. The van der Waals surface area contributed by atoms with Crippen molar-refractivity contribution in [2.45, 2.75) is 31.7 Å². The Bertz CT molecular complexity index is 375. The summed E-state index contributed by atoms with van der Waals surface area (Å²) in [6.45, 7) is 0.936. The van der Waals surface area contributed by atoms with E-state index >= 15 is 0 Å². The highest BCUT2D eigenvalue weighted by Crippen LogP contribution is 2.30. The normalized spacial score (nSPS) is 31.3. The van der Waals surface area contributed by atoms with Crippen molar-refractivity contribution in [1.82, 2.24) is 5.32 Å². The first-order valence-electron chi connectivity index (χ1n) is 6.31. The van der Waals surface area contributed by atoms with Crippen molar-refractivity contribution in [3.8, 4) is 6.07 Å². The fraction of sp³-hybridized carbons (Fsp3) is 0.833. The van der Waals surface area contributed by atoms with Gasteiger partial charge in [-0.3, -0.25) is 9.00 Å². The molecule has 0 unspecified atom stereocenters. The van der Waals surface area contributed by atoms with Gasteiger partial charge in [0.05, 0.1) is 6.07 Å². The first-order chi connectivity index (χ1) is 8.66. The largest absolute Gasteiger partial charge is 0.381 e. The molecule has 5 nitrogen and oxygen atoms in total. The molecule has 100 valence electrons. The van der Waals surface area contributed by atoms with Crippen LogP contribution in [0.1, 0.15) is 25.7 Å². The van der Waals surface area contributed by atoms with Crippen LogP contribution >= 0.6 is 0 Å². The lowest BCUT2D eigenvalue weighted by Crippen LogP contribution is -2.49. The van der Waals surface area contributed by atoms with Crippen LogP contribution in [-0.2, 0) is 20.3 Å². The maximum absolute atomic E-state index is 12.2. The lowest BCUT2D eigenvalue weighted by Gasteiger charge is -2.32. The fourth-order valence-electron chi connectivity index (χ4n) is 2.37. The topological polar surface area (TPSA) is 79.2 Å². The van der Waals surface area contributed by atoms with E-state index in [1.165, 1.54) is 0 Å². The number of nitriles is 1. The van der Waals surface area contributed by atoms with Gasteiger partial charge in [-0.15, -0.1) is 0 Å². The predicted octanol–water partition coefficient (Wildman–Crippen LogP) is 0.334. The maximum atomic E-state index is 12.2. The quantitative estimate of drug-likeness (QED) is 0.784. The van der Waals surface area contributed by atoms with Gasteiger partial charge in [-0.1, -0.05) is 0 Å². The van der Waals surface area contributed by atoms with Crippen LogP contribution in [0.3, 0.4) is 0 Å². The monoisotopic (exact) mass is 270 g/mol. The summed E-state index contributed by atoms with van der Waals surface area (Å²) in [5.74, 6) is 1.12. The van der Waals surface area contributed by atoms with Crippen LogP contribution in [0.5, 0.6) is 0 Å². The minimum atomic E-state index is -0.922. The second kappa shape index (κ2) is 5.81.